The second-order valence-electron chi connectivity index (χ2n) is 4.11. The number of fused-ring (bicyclic) bond motifs is 1. The molecule has 6 nitrogen and oxygen atoms in total. The maximum Gasteiger partial charge on any atom is 0.264 e. The minimum absolute atomic E-state index is 0.103. The normalized spacial score (nSPS) is 10.8. The third-order valence-electron chi connectivity index (χ3n) is 2.53. The maximum atomic E-state index is 10.4. The van der Waals surface area contributed by atoms with Gasteiger partial charge in [0.05, 0.1) is 6.61 Å². The molecular formula is C13H15BO6-2. The van der Waals surface area contributed by atoms with E-state index in [9.17, 15) is 10.0 Å². The van der Waals surface area contributed by atoms with Crippen molar-refractivity contribution in [2.75, 3.05) is 19.8 Å². The fourth-order valence-electron chi connectivity index (χ4n) is 1.74. The number of benzene rings is 1. The number of para-hydroxylation sites is 1. The predicted octanol–water partition coefficient (Wildman–Crippen LogP) is 0.322. The fraction of sp³-hybridized carbons (Fsp3) is 0.385. The molecule has 1 aromatic carbocycles. The van der Waals surface area contributed by atoms with E-state index in [0.717, 1.165) is 6.42 Å². The molecule has 0 aliphatic carbocycles. The van der Waals surface area contributed by atoms with Crippen molar-refractivity contribution in [3.05, 3.63) is 24.3 Å². The Labute approximate surface area is 117 Å². The Hall–Kier alpha value is -1.70. The first-order chi connectivity index (χ1) is 9.70. The zero-order valence-electron chi connectivity index (χ0n) is 11.2. The lowest BCUT2D eigenvalue weighted by Crippen LogP contribution is -2.50. The van der Waals surface area contributed by atoms with Crippen LogP contribution in [0, 0.1) is 0 Å². The molecule has 0 unspecified atom stereocenters. The van der Waals surface area contributed by atoms with Crippen molar-refractivity contribution in [2.45, 2.75) is 13.3 Å². The van der Waals surface area contributed by atoms with E-state index in [1.807, 2.05) is 6.92 Å². The molecule has 0 saturated carbocycles. The van der Waals surface area contributed by atoms with E-state index < -0.39 is 7.32 Å². The number of rotatable bonds is 8. The van der Waals surface area contributed by atoms with Gasteiger partial charge in [0.2, 0.25) is 0 Å². The lowest BCUT2D eigenvalue weighted by atomic mass is 10.2. The van der Waals surface area contributed by atoms with Crippen LogP contribution in [0.3, 0.4) is 0 Å². The Morgan fingerprint density at radius 3 is 2.80 bits per heavy atom. The smallest absolute Gasteiger partial charge is 0.264 e. The van der Waals surface area contributed by atoms with Gasteiger partial charge in [0, 0.05) is 18.1 Å². The second-order valence-corrected chi connectivity index (χ2v) is 4.11. The van der Waals surface area contributed by atoms with E-state index >= 15 is 0 Å². The van der Waals surface area contributed by atoms with Gasteiger partial charge in [-0.15, -0.1) is 0 Å². The molecule has 0 N–H and O–H groups in total. The van der Waals surface area contributed by atoms with Crippen LogP contribution in [0.25, 0.3) is 11.0 Å². The molecule has 0 saturated heterocycles. The Morgan fingerprint density at radius 2 is 2.05 bits per heavy atom. The molecular weight excluding hydrogens is 263 g/mol. The zero-order chi connectivity index (χ0) is 14.4. The Bertz CT molecular complexity index is 539. The quantitative estimate of drug-likeness (QED) is 0.510. The average molecular weight is 278 g/mol. The highest BCUT2D eigenvalue weighted by molar-refractivity contribution is 6.29. The summed E-state index contributed by atoms with van der Waals surface area (Å²) in [6, 6.07) is 6.78. The van der Waals surface area contributed by atoms with Gasteiger partial charge in [-0.3, -0.25) is 0 Å². The molecule has 0 aliphatic heterocycles. The van der Waals surface area contributed by atoms with Gasteiger partial charge in [-0.1, -0.05) is 19.1 Å². The first-order valence-corrected chi connectivity index (χ1v) is 6.42. The molecule has 0 radical (unpaired) electrons. The topological polar surface area (TPSA) is 87.0 Å². The predicted molar refractivity (Wildman–Crippen MR) is 69.2 cm³/mol. The van der Waals surface area contributed by atoms with Crippen LogP contribution in [0.15, 0.2) is 28.7 Å². The molecule has 108 valence electrons. The number of hydrogen-bond donors (Lipinski definition) is 0. The third-order valence-corrected chi connectivity index (χ3v) is 2.53. The maximum absolute atomic E-state index is 10.4. The highest BCUT2D eigenvalue weighted by Gasteiger charge is 2.09. The Balaban J connectivity index is 2.03. The monoisotopic (exact) mass is 278 g/mol. The highest BCUT2D eigenvalue weighted by Crippen LogP contribution is 2.32. The van der Waals surface area contributed by atoms with Gasteiger partial charge in [-0.25, -0.2) is 0 Å². The number of hydrogen-bond acceptors (Lipinski definition) is 6. The van der Waals surface area contributed by atoms with Crippen molar-refractivity contribution in [3.8, 4) is 11.7 Å². The summed E-state index contributed by atoms with van der Waals surface area (Å²) in [6.45, 7) is 3.60. The summed E-state index contributed by atoms with van der Waals surface area (Å²) in [5, 5.41) is 21.6. The first kappa shape index (κ1) is 14.7. The van der Waals surface area contributed by atoms with Crippen LogP contribution in [0.1, 0.15) is 13.3 Å². The zero-order valence-corrected chi connectivity index (χ0v) is 11.2. The summed E-state index contributed by atoms with van der Waals surface area (Å²) in [7, 11) is -2.41. The second kappa shape index (κ2) is 7.18. The third kappa shape index (κ3) is 3.90. The molecule has 7 heteroatoms. The number of furan rings is 1. The standard InChI is InChI=1S/C13H15BO6/c1-2-6-17-7-8-18-11-5-3-4-10-9-12(19-13(10)11)20-14(15)16/h3-5,9H,2,6-8H2,1H3/q-2. The van der Waals surface area contributed by atoms with Gasteiger partial charge >= 0.3 is 0 Å². The van der Waals surface area contributed by atoms with Crippen molar-refractivity contribution >= 4 is 18.3 Å². The lowest BCUT2D eigenvalue weighted by molar-refractivity contribution is -0.373. The van der Waals surface area contributed by atoms with Crippen molar-refractivity contribution < 1.29 is 28.6 Å². The molecule has 0 amide bonds. The summed E-state index contributed by atoms with van der Waals surface area (Å²) in [4.78, 5) is 0. The van der Waals surface area contributed by atoms with Gasteiger partial charge in [0.15, 0.2) is 11.3 Å². The summed E-state index contributed by atoms with van der Waals surface area (Å²) in [5.41, 5.74) is 0.443. The largest absolute Gasteiger partial charge is 0.860 e. The highest BCUT2D eigenvalue weighted by atomic mass is 16.7. The molecule has 2 rings (SSSR count). The SMILES string of the molecule is CCCOCCOc1cccc2cc(OB([O-])[O-])oc12. The van der Waals surface area contributed by atoms with Gasteiger partial charge in [-0.2, -0.15) is 0 Å². The Morgan fingerprint density at radius 1 is 1.20 bits per heavy atom. The van der Waals surface area contributed by atoms with Gasteiger partial charge in [-0.05, 0) is 12.5 Å². The summed E-state index contributed by atoms with van der Waals surface area (Å²) < 4.78 is 20.6. The lowest BCUT2D eigenvalue weighted by Gasteiger charge is -2.24. The number of ether oxygens (including phenoxy) is 2. The van der Waals surface area contributed by atoms with Gasteiger partial charge in [0.25, 0.3) is 5.95 Å². The molecule has 2 aromatic rings. The molecule has 0 bridgehead atoms. The van der Waals surface area contributed by atoms with Crippen molar-refractivity contribution in [1.29, 1.82) is 0 Å². The first-order valence-electron chi connectivity index (χ1n) is 6.42. The van der Waals surface area contributed by atoms with E-state index in [2.05, 4.69) is 4.65 Å². The Kier molecular flexibility index (Phi) is 5.28. The van der Waals surface area contributed by atoms with Crippen LogP contribution >= 0.6 is 0 Å². The molecule has 1 heterocycles. The van der Waals surface area contributed by atoms with Crippen LogP contribution in [0.5, 0.6) is 11.7 Å². The van der Waals surface area contributed by atoms with Gasteiger partial charge in [0.1, 0.15) is 13.9 Å². The summed E-state index contributed by atoms with van der Waals surface area (Å²) >= 11 is 0. The van der Waals surface area contributed by atoms with E-state index in [0.29, 0.717) is 36.5 Å². The van der Waals surface area contributed by atoms with Gasteiger partial charge < -0.3 is 28.6 Å². The summed E-state index contributed by atoms with van der Waals surface area (Å²) in [5.74, 6) is 0.416. The minimum atomic E-state index is -2.41. The molecule has 1 aromatic heterocycles. The minimum Gasteiger partial charge on any atom is -0.860 e. The molecule has 0 aliphatic rings. The fourth-order valence-corrected chi connectivity index (χ4v) is 1.74. The molecule has 0 atom stereocenters. The molecule has 0 fully saturated rings. The van der Waals surface area contributed by atoms with Crippen LogP contribution < -0.4 is 19.4 Å². The van der Waals surface area contributed by atoms with Crippen molar-refractivity contribution in [1.82, 2.24) is 0 Å². The van der Waals surface area contributed by atoms with Crippen LogP contribution in [0.4, 0.5) is 0 Å². The van der Waals surface area contributed by atoms with E-state index in [1.54, 1.807) is 18.2 Å². The summed E-state index contributed by atoms with van der Waals surface area (Å²) in [6.07, 6.45) is 0.958. The van der Waals surface area contributed by atoms with Crippen molar-refractivity contribution in [3.63, 3.8) is 0 Å². The molecule has 20 heavy (non-hydrogen) atoms. The van der Waals surface area contributed by atoms with Crippen LogP contribution in [-0.2, 0) is 4.74 Å². The van der Waals surface area contributed by atoms with Crippen LogP contribution in [-0.4, -0.2) is 27.1 Å². The molecule has 0 spiro atoms. The van der Waals surface area contributed by atoms with E-state index in [-0.39, 0.29) is 5.95 Å². The average Bonchev–Trinajstić information content (AvgIpc) is 2.80. The van der Waals surface area contributed by atoms with E-state index in [4.69, 9.17) is 13.9 Å². The van der Waals surface area contributed by atoms with Crippen molar-refractivity contribution in [2.24, 2.45) is 0 Å². The van der Waals surface area contributed by atoms with Crippen LogP contribution in [0.2, 0.25) is 0 Å². The van der Waals surface area contributed by atoms with E-state index in [1.165, 1.54) is 6.07 Å².